The Morgan fingerprint density at radius 2 is 2.12 bits per heavy atom. The second kappa shape index (κ2) is 6.79. The van der Waals surface area contributed by atoms with Crippen molar-refractivity contribution in [3.63, 3.8) is 0 Å². The third-order valence-electron chi connectivity index (χ3n) is 2.57. The molecular weight excluding hydrogens is 240 g/mol. The molecule has 96 valence electrons. The normalized spacial score (nSPS) is 10.9. The number of pyridine rings is 1. The number of rotatable bonds is 6. The zero-order valence-electron chi connectivity index (χ0n) is 10.2. The van der Waals surface area contributed by atoms with Crippen molar-refractivity contribution in [2.45, 2.75) is 32.9 Å². The molecule has 0 atom stereocenters. The van der Waals surface area contributed by atoms with Gasteiger partial charge in [-0.2, -0.15) is 0 Å². The summed E-state index contributed by atoms with van der Waals surface area (Å²) in [7, 11) is 0. The molecule has 0 saturated heterocycles. The molecule has 4 nitrogen and oxygen atoms in total. The molecule has 0 bridgehead atoms. The van der Waals surface area contributed by atoms with Crippen LogP contribution in [0.15, 0.2) is 12.3 Å². The molecule has 0 unspecified atom stereocenters. The quantitative estimate of drug-likeness (QED) is 0.817. The molecule has 17 heavy (non-hydrogen) atoms. The highest BCUT2D eigenvalue weighted by molar-refractivity contribution is 6.31. The smallest absolute Gasteiger partial charge is 0.129 e. The van der Waals surface area contributed by atoms with Crippen LogP contribution in [0.1, 0.15) is 25.8 Å². The van der Waals surface area contributed by atoms with Gasteiger partial charge >= 0.3 is 0 Å². The maximum atomic E-state index is 9.17. The van der Waals surface area contributed by atoms with E-state index in [1.165, 1.54) is 0 Å². The first-order chi connectivity index (χ1) is 8.10. The number of anilines is 1. The van der Waals surface area contributed by atoms with Crippen molar-refractivity contribution < 1.29 is 10.2 Å². The predicted molar refractivity (Wildman–Crippen MR) is 69.4 cm³/mol. The van der Waals surface area contributed by atoms with Gasteiger partial charge in [-0.3, -0.25) is 0 Å². The Morgan fingerprint density at radius 3 is 2.65 bits per heavy atom. The van der Waals surface area contributed by atoms with Crippen LogP contribution >= 0.6 is 11.6 Å². The molecule has 1 heterocycles. The molecule has 0 aliphatic rings. The average Bonchev–Trinajstić information content (AvgIpc) is 2.31. The predicted octanol–water partition coefficient (Wildman–Crippen LogP) is 1.82. The summed E-state index contributed by atoms with van der Waals surface area (Å²) in [5, 5.41) is 18.5. The number of hydrogen-bond acceptors (Lipinski definition) is 4. The Morgan fingerprint density at radius 1 is 1.41 bits per heavy atom. The van der Waals surface area contributed by atoms with Gasteiger partial charge in [0.1, 0.15) is 5.82 Å². The second-order valence-electron chi connectivity index (χ2n) is 4.16. The fourth-order valence-corrected chi connectivity index (χ4v) is 1.79. The van der Waals surface area contributed by atoms with Crippen molar-refractivity contribution >= 4 is 17.4 Å². The fraction of sp³-hybridized carbons (Fsp3) is 0.583. The Balaban J connectivity index is 2.93. The zero-order valence-corrected chi connectivity index (χ0v) is 11.0. The van der Waals surface area contributed by atoms with Crippen LogP contribution in [0.2, 0.25) is 5.02 Å². The van der Waals surface area contributed by atoms with Gasteiger partial charge < -0.3 is 15.1 Å². The average molecular weight is 259 g/mol. The SMILES string of the molecule is CC(C)N(CCCO)c1cc(CO)c(Cl)cn1. The summed E-state index contributed by atoms with van der Waals surface area (Å²) in [5.74, 6) is 0.780. The number of aromatic nitrogens is 1. The van der Waals surface area contributed by atoms with Crippen LogP contribution in [0, 0.1) is 0 Å². The first kappa shape index (κ1) is 14.2. The van der Waals surface area contributed by atoms with Crippen molar-refractivity contribution in [2.75, 3.05) is 18.1 Å². The Kier molecular flexibility index (Phi) is 5.68. The van der Waals surface area contributed by atoms with Gasteiger partial charge in [-0.25, -0.2) is 4.98 Å². The van der Waals surface area contributed by atoms with Crippen LogP contribution in [-0.4, -0.2) is 34.4 Å². The molecule has 0 amide bonds. The summed E-state index contributed by atoms with van der Waals surface area (Å²) in [6, 6.07) is 2.07. The number of hydrogen-bond donors (Lipinski definition) is 2. The summed E-state index contributed by atoms with van der Waals surface area (Å²) in [5.41, 5.74) is 0.673. The Bertz CT molecular complexity index is 358. The van der Waals surface area contributed by atoms with E-state index in [0.717, 1.165) is 12.4 Å². The Labute approximate surface area is 107 Å². The van der Waals surface area contributed by atoms with E-state index >= 15 is 0 Å². The Hall–Kier alpha value is -0.840. The number of aliphatic hydroxyl groups is 2. The number of halogens is 1. The second-order valence-corrected chi connectivity index (χ2v) is 4.56. The van der Waals surface area contributed by atoms with E-state index < -0.39 is 0 Å². The van der Waals surface area contributed by atoms with Crippen molar-refractivity contribution in [2.24, 2.45) is 0 Å². The van der Waals surface area contributed by atoms with Crippen LogP contribution < -0.4 is 4.90 Å². The van der Waals surface area contributed by atoms with E-state index in [1.807, 2.05) is 0 Å². The van der Waals surface area contributed by atoms with Gasteiger partial charge in [0, 0.05) is 31.0 Å². The van der Waals surface area contributed by atoms with E-state index in [1.54, 1.807) is 12.3 Å². The van der Waals surface area contributed by atoms with E-state index in [9.17, 15) is 0 Å². The summed E-state index contributed by atoms with van der Waals surface area (Å²) in [6.45, 7) is 4.91. The van der Waals surface area contributed by atoms with Crippen molar-refractivity contribution in [1.82, 2.24) is 4.98 Å². The molecular formula is C12H19ClN2O2. The number of nitrogens with zero attached hydrogens (tertiary/aromatic N) is 2. The molecule has 0 saturated carbocycles. The molecule has 0 aliphatic carbocycles. The lowest BCUT2D eigenvalue weighted by Gasteiger charge is -2.28. The lowest BCUT2D eigenvalue weighted by atomic mass is 10.2. The summed E-state index contributed by atoms with van der Waals surface area (Å²) in [6.07, 6.45) is 2.24. The molecule has 5 heteroatoms. The van der Waals surface area contributed by atoms with E-state index in [0.29, 0.717) is 17.0 Å². The number of aliphatic hydroxyl groups excluding tert-OH is 2. The van der Waals surface area contributed by atoms with Gasteiger partial charge in [0.05, 0.1) is 11.6 Å². The lowest BCUT2D eigenvalue weighted by molar-refractivity contribution is 0.281. The summed E-state index contributed by atoms with van der Waals surface area (Å²) in [4.78, 5) is 6.34. The van der Waals surface area contributed by atoms with Crippen LogP contribution in [-0.2, 0) is 6.61 Å². The third kappa shape index (κ3) is 3.84. The molecule has 0 aromatic carbocycles. The molecule has 0 aliphatic heterocycles. The van der Waals surface area contributed by atoms with Crippen LogP contribution in [0.25, 0.3) is 0 Å². The zero-order chi connectivity index (χ0) is 12.8. The van der Waals surface area contributed by atoms with Crippen molar-refractivity contribution in [1.29, 1.82) is 0 Å². The topological polar surface area (TPSA) is 56.6 Å². The van der Waals surface area contributed by atoms with Gasteiger partial charge in [0.2, 0.25) is 0 Å². The molecule has 1 aromatic heterocycles. The first-order valence-electron chi connectivity index (χ1n) is 5.73. The highest BCUT2D eigenvalue weighted by Gasteiger charge is 2.13. The van der Waals surface area contributed by atoms with E-state index in [-0.39, 0.29) is 19.3 Å². The van der Waals surface area contributed by atoms with Gasteiger partial charge in [-0.15, -0.1) is 0 Å². The van der Waals surface area contributed by atoms with Gasteiger partial charge in [0.25, 0.3) is 0 Å². The van der Waals surface area contributed by atoms with Crippen LogP contribution in [0.4, 0.5) is 5.82 Å². The minimum Gasteiger partial charge on any atom is -0.396 e. The van der Waals surface area contributed by atoms with Crippen molar-refractivity contribution in [3.05, 3.63) is 22.8 Å². The van der Waals surface area contributed by atoms with Gasteiger partial charge in [0.15, 0.2) is 0 Å². The summed E-state index contributed by atoms with van der Waals surface area (Å²) < 4.78 is 0. The van der Waals surface area contributed by atoms with E-state index in [2.05, 4.69) is 23.7 Å². The maximum absolute atomic E-state index is 9.17. The van der Waals surface area contributed by atoms with Crippen LogP contribution in [0.3, 0.4) is 0 Å². The minimum absolute atomic E-state index is 0.0969. The molecule has 1 aromatic rings. The fourth-order valence-electron chi connectivity index (χ4n) is 1.62. The van der Waals surface area contributed by atoms with E-state index in [4.69, 9.17) is 21.8 Å². The first-order valence-corrected chi connectivity index (χ1v) is 6.10. The largest absolute Gasteiger partial charge is 0.396 e. The maximum Gasteiger partial charge on any atom is 0.129 e. The highest BCUT2D eigenvalue weighted by Crippen LogP contribution is 2.22. The molecule has 2 N–H and O–H groups in total. The van der Waals surface area contributed by atoms with Crippen molar-refractivity contribution in [3.8, 4) is 0 Å². The molecule has 0 spiro atoms. The lowest BCUT2D eigenvalue weighted by Crippen LogP contribution is -2.33. The highest BCUT2D eigenvalue weighted by atomic mass is 35.5. The van der Waals surface area contributed by atoms with Gasteiger partial charge in [-0.1, -0.05) is 11.6 Å². The standard InChI is InChI=1S/C12H19ClN2O2/c1-9(2)15(4-3-5-16)12-6-10(8-17)11(13)7-14-12/h6-7,9,16-17H,3-5,8H2,1-2H3. The van der Waals surface area contributed by atoms with Gasteiger partial charge in [-0.05, 0) is 26.3 Å². The third-order valence-corrected chi connectivity index (χ3v) is 2.91. The minimum atomic E-state index is -0.0969. The monoisotopic (exact) mass is 258 g/mol. The molecule has 1 rings (SSSR count). The summed E-state index contributed by atoms with van der Waals surface area (Å²) >= 11 is 5.90. The van der Waals surface area contributed by atoms with Crippen LogP contribution in [0.5, 0.6) is 0 Å². The molecule has 0 radical (unpaired) electrons. The molecule has 0 fully saturated rings.